The van der Waals surface area contributed by atoms with Gasteiger partial charge in [0.1, 0.15) is 0 Å². The largest absolute Gasteiger partial charge is 0.339 e. The number of imidazole rings is 1. The van der Waals surface area contributed by atoms with Crippen LogP contribution < -0.4 is 5.32 Å². The molecule has 1 saturated heterocycles. The van der Waals surface area contributed by atoms with Crippen molar-refractivity contribution in [3.63, 3.8) is 0 Å². The molecule has 2 N–H and O–H groups in total. The summed E-state index contributed by atoms with van der Waals surface area (Å²) in [5.41, 5.74) is 0. The van der Waals surface area contributed by atoms with Crippen molar-refractivity contribution in [1.82, 2.24) is 24.5 Å². The van der Waals surface area contributed by atoms with Gasteiger partial charge in [0, 0.05) is 33.2 Å². The van der Waals surface area contributed by atoms with Crippen molar-refractivity contribution >= 4 is 15.9 Å². The van der Waals surface area contributed by atoms with Crippen LogP contribution in [0.1, 0.15) is 0 Å². The van der Waals surface area contributed by atoms with E-state index in [-0.39, 0.29) is 17.5 Å². The smallest absolute Gasteiger partial charge is 0.260 e. The highest BCUT2D eigenvalue weighted by atomic mass is 32.2. The molecule has 19 heavy (non-hydrogen) atoms. The first-order valence-corrected chi connectivity index (χ1v) is 7.39. The quantitative estimate of drug-likeness (QED) is 0.699. The number of likely N-dealkylation sites (N-methyl/N-ethyl adjacent to an activating group) is 1. The predicted octanol–water partition coefficient (Wildman–Crippen LogP) is -1.54. The van der Waals surface area contributed by atoms with E-state index < -0.39 is 10.0 Å². The Morgan fingerprint density at radius 2 is 2.16 bits per heavy atom. The van der Waals surface area contributed by atoms with Crippen LogP contribution in [0.3, 0.4) is 0 Å². The summed E-state index contributed by atoms with van der Waals surface area (Å²) in [6, 6.07) is 0. The lowest BCUT2D eigenvalue weighted by Gasteiger charge is -2.28. The lowest BCUT2D eigenvalue weighted by molar-refractivity contribution is -0.131. The Balaban J connectivity index is 2.00. The molecule has 0 atom stereocenters. The Morgan fingerprint density at radius 3 is 2.74 bits per heavy atom. The Bertz CT molecular complexity index is 521. The molecule has 106 valence electrons. The Labute approximate surface area is 111 Å². The molecule has 0 unspecified atom stereocenters. The number of nitrogens with zero attached hydrogens (tertiary/aromatic N) is 3. The van der Waals surface area contributed by atoms with Crippen molar-refractivity contribution in [1.29, 1.82) is 0 Å². The summed E-state index contributed by atoms with van der Waals surface area (Å²) in [7, 11) is -2.29. The zero-order valence-electron chi connectivity index (χ0n) is 10.7. The molecule has 0 aromatic carbocycles. The second-order valence-corrected chi connectivity index (χ2v) is 6.32. The van der Waals surface area contributed by atoms with Crippen LogP contribution >= 0.6 is 0 Å². The molecule has 8 nitrogen and oxygen atoms in total. The fourth-order valence-corrected chi connectivity index (χ4v) is 2.85. The SMILES string of the molecule is CN(CC(=O)N1CCNCC1)S(=O)(=O)c1cnc[nH]1. The van der Waals surface area contributed by atoms with Gasteiger partial charge in [-0.15, -0.1) is 0 Å². The lowest BCUT2D eigenvalue weighted by atomic mass is 10.3. The van der Waals surface area contributed by atoms with Gasteiger partial charge in [0.2, 0.25) is 5.91 Å². The number of piperazine rings is 1. The first-order valence-electron chi connectivity index (χ1n) is 5.95. The van der Waals surface area contributed by atoms with Gasteiger partial charge < -0.3 is 15.2 Å². The monoisotopic (exact) mass is 287 g/mol. The molecule has 0 spiro atoms. The maximum atomic E-state index is 12.1. The van der Waals surface area contributed by atoms with Crippen LogP contribution in [0.25, 0.3) is 0 Å². The molecule has 1 aliphatic rings. The molecule has 2 heterocycles. The summed E-state index contributed by atoms with van der Waals surface area (Å²) in [6.07, 6.45) is 2.51. The lowest BCUT2D eigenvalue weighted by Crippen LogP contribution is -2.49. The third-order valence-electron chi connectivity index (χ3n) is 2.99. The molecule has 1 fully saturated rings. The molecule has 1 aliphatic heterocycles. The van der Waals surface area contributed by atoms with E-state index in [1.165, 1.54) is 19.6 Å². The molecule has 1 amide bonds. The number of H-pyrrole nitrogens is 1. The Hall–Kier alpha value is -1.45. The van der Waals surface area contributed by atoms with E-state index in [4.69, 9.17) is 0 Å². The number of sulfonamides is 1. The number of rotatable bonds is 4. The molecule has 1 aromatic rings. The second-order valence-electron chi connectivity index (χ2n) is 4.31. The van der Waals surface area contributed by atoms with Crippen molar-refractivity contribution in [3.05, 3.63) is 12.5 Å². The summed E-state index contributed by atoms with van der Waals surface area (Å²) in [5.74, 6) is -0.188. The summed E-state index contributed by atoms with van der Waals surface area (Å²) in [6.45, 7) is 2.53. The van der Waals surface area contributed by atoms with Crippen LogP contribution in [0.15, 0.2) is 17.6 Å². The van der Waals surface area contributed by atoms with Crippen molar-refractivity contribution < 1.29 is 13.2 Å². The molecule has 0 aliphatic carbocycles. The minimum absolute atomic E-state index is 0.0110. The first-order chi connectivity index (χ1) is 9.01. The molecule has 0 saturated carbocycles. The Morgan fingerprint density at radius 1 is 1.47 bits per heavy atom. The Kier molecular flexibility index (Phi) is 4.17. The van der Waals surface area contributed by atoms with Crippen LogP contribution in [-0.2, 0) is 14.8 Å². The summed E-state index contributed by atoms with van der Waals surface area (Å²) in [4.78, 5) is 19.9. The molecule has 1 aromatic heterocycles. The third kappa shape index (κ3) is 3.11. The van der Waals surface area contributed by atoms with Crippen LogP contribution in [0.4, 0.5) is 0 Å². The van der Waals surface area contributed by atoms with Crippen molar-refractivity contribution in [3.8, 4) is 0 Å². The standard InChI is InChI=1S/C10H17N5O3S/c1-14(19(17,18)9-6-12-8-13-9)7-10(16)15-4-2-11-3-5-15/h6,8,11H,2-5,7H2,1H3,(H,12,13). The third-order valence-corrected chi connectivity index (χ3v) is 4.72. The number of aromatic nitrogens is 2. The molecule has 9 heteroatoms. The number of carbonyl (C=O) groups excluding carboxylic acids is 1. The van der Waals surface area contributed by atoms with Gasteiger partial charge >= 0.3 is 0 Å². The minimum atomic E-state index is -3.68. The fraction of sp³-hybridized carbons (Fsp3) is 0.600. The fourth-order valence-electron chi connectivity index (χ4n) is 1.84. The number of hydrogen-bond acceptors (Lipinski definition) is 5. The van der Waals surface area contributed by atoms with Gasteiger partial charge in [0.25, 0.3) is 10.0 Å². The highest BCUT2D eigenvalue weighted by Gasteiger charge is 2.26. The summed E-state index contributed by atoms with van der Waals surface area (Å²) >= 11 is 0. The second kappa shape index (κ2) is 5.68. The number of amides is 1. The van der Waals surface area contributed by atoms with Crippen LogP contribution in [-0.4, -0.2) is 73.3 Å². The zero-order chi connectivity index (χ0) is 13.9. The van der Waals surface area contributed by atoms with E-state index in [0.717, 1.165) is 17.4 Å². The highest BCUT2D eigenvalue weighted by Crippen LogP contribution is 2.10. The average molecular weight is 287 g/mol. The van der Waals surface area contributed by atoms with E-state index >= 15 is 0 Å². The van der Waals surface area contributed by atoms with Crippen molar-refractivity contribution in [2.75, 3.05) is 39.8 Å². The topological polar surface area (TPSA) is 98.4 Å². The van der Waals surface area contributed by atoms with Gasteiger partial charge in [-0.1, -0.05) is 0 Å². The number of aromatic amines is 1. The molecular formula is C10H17N5O3S. The van der Waals surface area contributed by atoms with Gasteiger partial charge in [0.15, 0.2) is 5.03 Å². The van der Waals surface area contributed by atoms with E-state index in [9.17, 15) is 13.2 Å². The van der Waals surface area contributed by atoms with Gasteiger partial charge in [-0.05, 0) is 0 Å². The number of hydrogen-bond donors (Lipinski definition) is 2. The summed E-state index contributed by atoms with van der Waals surface area (Å²) < 4.78 is 25.2. The van der Waals surface area contributed by atoms with Crippen LogP contribution in [0, 0.1) is 0 Å². The molecule has 0 bridgehead atoms. The van der Waals surface area contributed by atoms with Crippen molar-refractivity contribution in [2.24, 2.45) is 0 Å². The summed E-state index contributed by atoms with van der Waals surface area (Å²) in [5, 5.41) is 3.13. The van der Waals surface area contributed by atoms with Crippen LogP contribution in [0.5, 0.6) is 0 Å². The minimum Gasteiger partial charge on any atom is -0.339 e. The number of carbonyl (C=O) groups is 1. The van der Waals surface area contributed by atoms with E-state index in [2.05, 4.69) is 15.3 Å². The van der Waals surface area contributed by atoms with Gasteiger partial charge in [-0.2, -0.15) is 4.31 Å². The van der Waals surface area contributed by atoms with Crippen molar-refractivity contribution in [2.45, 2.75) is 5.03 Å². The average Bonchev–Trinajstić information content (AvgIpc) is 2.94. The van der Waals surface area contributed by atoms with Gasteiger partial charge in [0.05, 0.1) is 19.1 Å². The van der Waals surface area contributed by atoms with E-state index in [1.54, 1.807) is 4.90 Å². The first kappa shape index (κ1) is 14.0. The van der Waals surface area contributed by atoms with Gasteiger partial charge in [-0.25, -0.2) is 13.4 Å². The predicted molar refractivity (Wildman–Crippen MR) is 67.9 cm³/mol. The van der Waals surface area contributed by atoms with E-state index in [0.29, 0.717) is 13.1 Å². The molecule has 0 radical (unpaired) electrons. The molecular weight excluding hydrogens is 270 g/mol. The maximum Gasteiger partial charge on any atom is 0.260 e. The zero-order valence-corrected chi connectivity index (χ0v) is 11.5. The number of nitrogens with one attached hydrogen (secondary N) is 2. The maximum absolute atomic E-state index is 12.1. The molecule has 2 rings (SSSR count). The van der Waals surface area contributed by atoms with E-state index in [1.807, 2.05) is 0 Å². The normalized spacial score (nSPS) is 16.8. The van der Waals surface area contributed by atoms with Crippen LogP contribution in [0.2, 0.25) is 0 Å². The highest BCUT2D eigenvalue weighted by molar-refractivity contribution is 7.89. The van der Waals surface area contributed by atoms with Gasteiger partial charge in [-0.3, -0.25) is 4.79 Å².